The Hall–Kier alpha value is -3.09. The van der Waals surface area contributed by atoms with E-state index < -0.39 is 5.76 Å². The van der Waals surface area contributed by atoms with Crippen molar-refractivity contribution in [3.63, 3.8) is 0 Å². The highest BCUT2D eigenvalue weighted by atomic mass is 16.4. The van der Waals surface area contributed by atoms with Crippen LogP contribution in [-0.2, 0) is 6.54 Å². The average molecular weight is 310 g/mol. The summed E-state index contributed by atoms with van der Waals surface area (Å²) in [5, 5.41) is 11.5. The van der Waals surface area contributed by atoms with E-state index in [0.29, 0.717) is 18.0 Å². The molecule has 3 aromatic heterocycles. The topological polar surface area (TPSA) is 89.8 Å². The SMILES string of the molecule is Cc1c(-c2n[nH]c(=O)o2)oc2nn(Cc3ccccc3)c(C)c12. The van der Waals surface area contributed by atoms with Crippen LogP contribution in [0.3, 0.4) is 0 Å². The molecule has 1 N–H and O–H groups in total. The first-order chi connectivity index (χ1) is 11.1. The summed E-state index contributed by atoms with van der Waals surface area (Å²) in [4.78, 5) is 11.1. The number of hydrogen-bond acceptors (Lipinski definition) is 5. The lowest BCUT2D eigenvalue weighted by Crippen LogP contribution is -2.03. The number of fused-ring (bicyclic) bond motifs is 1. The van der Waals surface area contributed by atoms with Gasteiger partial charge >= 0.3 is 5.76 Å². The minimum absolute atomic E-state index is 0.138. The Balaban J connectivity index is 1.79. The van der Waals surface area contributed by atoms with Gasteiger partial charge in [-0.1, -0.05) is 30.3 Å². The molecule has 0 saturated heterocycles. The highest BCUT2D eigenvalue weighted by Crippen LogP contribution is 2.33. The number of rotatable bonds is 3. The standard InChI is InChI=1S/C16H14N4O3/c1-9-12-10(2)20(8-11-6-4-3-5-7-11)19-14(12)22-13(9)15-17-18-16(21)23-15/h3-7H,8H2,1-2H3,(H,18,21). The van der Waals surface area contributed by atoms with Crippen LogP contribution in [0.4, 0.5) is 0 Å². The van der Waals surface area contributed by atoms with Gasteiger partial charge in [-0.25, -0.2) is 9.89 Å². The van der Waals surface area contributed by atoms with Crippen molar-refractivity contribution >= 4 is 11.1 Å². The molecule has 23 heavy (non-hydrogen) atoms. The first-order valence-corrected chi connectivity index (χ1v) is 7.20. The third-order valence-electron chi connectivity index (χ3n) is 3.90. The number of H-pyrrole nitrogens is 1. The van der Waals surface area contributed by atoms with Crippen molar-refractivity contribution < 1.29 is 8.83 Å². The van der Waals surface area contributed by atoms with E-state index in [-0.39, 0.29) is 5.89 Å². The number of aryl methyl sites for hydroxylation is 2. The van der Waals surface area contributed by atoms with Crippen LogP contribution in [0.15, 0.2) is 44.0 Å². The Morgan fingerprint density at radius 2 is 1.96 bits per heavy atom. The lowest BCUT2D eigenvalue weighted by molar-refractivity contribution is 0.496. The van der Waals surface area contributed by atoms with Gasteiger partial charge in [-0.15, -0.1) is 10.2 Å². The normalized spacial score (nSPS) is 11.4. The lowest BCUT2D eigenvalue weighted by Gasteiger charge is -2.04. The Labute approximate surface area is 130 Å². The Bertz CT molecular complexity index is 1040. The fourth-order valence-corrected chi connectivity index (χ4v) is 2.75. The second-order valence-electron chi connectivity index (χ2n) is 5.38. The van der Waals surface area contributed by atoms with E-state index in [4.69, 9.17) is 8.83 Å². The van der Waals surface area contributed by atoms with Crippen molar-refractivity contribution in [3.05, 3.63) is 57.7 Å². The molecule has 0 unspecified atom stereocenters. The van der Waals surface area contributed by atoms with Gasteiger partial charge in [-0.05, 0) is 19.4 Å². The minimum Gasteiger partial charge on any atom is -0.431 e. The van der Waals surface area contributed by atoms with Crippen molar-refractivity contribution in [3.8, 4) is 11.7 Å². The molecule has 0 spiro atoms. The maximum absolute atomic E-state index is 11.1. The number of aromatic nitrogens is 4. The predicted octanol–water partition coefficient (Wildman–Crippen LogP) is 2.64. The van der Waals surface area contributed by atoms with E-state index in [1.54, 1.807) is 0 Å². The summed E-state index contributed by atoms with van der Waals surface area (Å²) < 4.78 is 12.6. The van der Waals surface area contributed by atoms with E-state index in [0.717, 1.165) is 22.2 Å². The van der Waals surface area contributed by atoms with Gasteiger partial charge < -0.3 is 8.83 Å². The monoisotopic (exact) mass is 310 g/mol. The van der Waals surface area contributed by atoms with Crippen LogP contribution in [0.25, 0.3) is 22.8 Å². The second kappa shape index (κ2) is 4.98. The van der Waals surface area contributed by atoms with Crippen LogP contribution in [0.1, 0.15) is 16.8 Å². The van der Waals surface area contributed by atoms with Crippen LogP contribution in [0.5, 0.6) is 0 Å². The smallest absolute Gasteiger partial charge is 0.431 e. The Morgan fingerprint density at radius 1 is 1.17 bits per heavy atom. The molecule has 0 saturated carbocycles. The number of furan rings is 1. The zero-order chi connectivity index (χ0) is 16.0. The predicted molar refractivity (Wildman–Crippen MR) is 83.1 cm³/mol. The maximum atomic E-state index is 11.1. The number of benzene rings is 1. The molecule has 7 heteroatoms. The molecule has 0 aliphatic rings. The number of nitrogens with zero attached hydrogens (tertiary/aromatic N) is 3. The molecule has 4 aromatic rings. The molecule has 0 radical (unpaired) electrons. The van der Waals surface area contributed by atoms with Gasteiger partial charge in [0.25, 0.3) is 5.89 Å². The van der Waals surface area contributed by atoms with Gasteiger partial charge in [0.15, 0.2) is 5.76 Å². The molecule has 0 atom stereocenters. The van der Waals surface area contributed by atoms with Crippen molar-refractivity contribution in [1.29, 1.82) is 0 Å². The van der Waals surface area contributed by atoms with Gasteiger partial charge in [-0.2, -0.15) is 0 Å². The van der Waals surface area contributed by atoms with Crippen molar-refractivity contribution in [1.82, 2.24) is 20.0 Å². The zero-order valence-electron chi connectivity index (χ0n) is 12.7. The number of nitrogens with one attached hydrogen (secondary N) is 1. The summed E-state index contributed by atoms with van der Waals surface area (Å²) >= 11 is 0. The van der Waals surface area contributed by atoms with Gasteiger partial charge in [-0.3, -0.25) is 4.68 Å². The van der Waals surface area contributed by atoms with E-state index in [1.165, 1.54) is 0 Å². The first-order valence-electron chi connectivity index (χ1n) is 7.20. The second-order valence-corrected chi connectivity index (χ2v) is 5.38. The number of hydrogen-bond donors (Lipinski definition) is 1. The molecule has 0 fully saturated rings. The van der Waals surface area contributed by atoms with Crippen molar-refractivity contribution in [2.24, 2.45) is 0 Å². The highest BCUT2D eigenvalue weighted by Gasteiger charge is 2.22. The molecular formula is C16H14N4O3. The Kier molecular flexibility index (Phi) is 2.94. The molecule has 1 aromatic carbocycles. The largest absolute Gasteiger partial charge is 0.434 e. The molecule has 116 valence electrons. The summed E-state index contributed by atoms with van der Waals surface area (Å²) in [6, 6.07) is 10.1. The van der Waals surface area contributed by atoms with E-state index in [9.17, 15) is 4.79 Å². The zero-order valence-corrected chi connectivity index (χ0v) is 12.7. The van der Waals surface area contributed by atoms with Crippen LogP contribution in [-0.4, -0.2) is 20.0 Å². The maximum Gasteiger partial charge on any atom is 0.434 e. The molecule has 0 aliphatic carbocycles. The van der Waals surface area contributed by atoms with Crippen LogP contribution in [0.2, 0.25) is 0 Å². The highest BCUT2D eigenvalue weighted by molar-refractivity contribution is 5.86. The van der Waals surface area contributed by atoms with Crippen molar-refractivity contribution in [2.75, 3.05) is 0 Å². The third kappa shape index (κ3) is 2.17. The fourth-order valence-electron chi connectivity index (χ4n) is 2.75. The molecule has 7 nitrogen and oxygen atoms in total. The van der Waals surface area contributed by atoms with Crippen LogP contribution >= 0.6 is 0 Å². The quantitative estimate of drug-likeness (QED) is 0.628. The molecule has 4 rings (SSSR count). The summed E-state index contributed by atoms with van der Waals surface area (Å²) in [6.07, 6.45) is 0. The first kappa shape index (κ1) is 13.6. The van der Waals surface area contributed by atoms with Gasteiger partial charge in [0.2, 0.25) is 5.71 Å². The molecule has 0 aliphatic heterocycles. The molecule has 3 heterocycles. The Morgan fingerprint density at radius 3 is 2.61 bits per heavy atom. The van der Waals surface area contributed by atoms with Crippen molar-refractivity contribution in [2.45, 2.75) is 20.4 Å². The summed E-state index contributed by atoms with van der Waals surface area (Å²) in [7, 11) is 0. The van der Waals surface area contributed by atoms with Gasteiger partial charge in [0.1, 0.15) is 0 Å². The summed E-state index contributed by atoms with van der Waals surface area (Å²) in [5.41, 5.74) is 3.52. The summed E-state index contributed by atoms with van der Waals surface area (Å²) in [6.45, 7) is 4.56. The number of aromatic amines is 1. The van der Waals surface area contributed by atoms with Crippen LogP contribution < -0.4 is 5.76 Å². The van der Waals surface area contributed by atoms with Crippen LogP contribution in [0, 0.1) is 13.8 Å². The molecular weight excluding hydrogens is 296 g/mol. The minimum atomic E-state index is -0.612. The third-order valence-corrected chi connectivity index (χ3v) is 3.90. The van der Waals surface area contributed by atoms with Gasteiger partial charge in [0.05, 0.1) is 11.9 Å². The summed E-state index contributed by atoms with van der Waals surface area (Å²) in [5.74, 6) is -0.0466. The van der Waals surface area contributed by atoms with E-state index >= 15 is 0 Å². The van der Waals surface area contributed by atoms with Gasteiger partial charge in [0, 0.05) is 11.3 Å². The average Bonchev–Trinajstić information content (AvgIpc) is 3.19. The van der Waals surface area contributed by atoms with E-state index in [2.05, 4.69) is 27.4 Å². The van der Waals surface area contributed by atoms with E-state index in [1.807, 2.05) is 36.7 Å². The fraction of sp³-hybridized carbons (Fsp3) is 0.188. The lowest BCUT2D eigenvalue weighted by atomic mass is 10.1. The molecule has 0 amide bonds. The molecule has 0 bridgehead atoms.